The van der Waals surface area contributed by atoms with E-state index in [1.54, 1.807) is 12.2 Å². The Kier molecular flexibility index (Phi) is 5.22. The van der Waals surface area contributed by atoms with Gasteiger partial charge in [-0.1, -0.05) is 60.2 Å². The number of hydrogen-bond donors (Lipinski definition) is 0. The first kappa shape index (κ1) is 15.7. The fourth-order valence-electron chi connectivity index (χ4n) is 1.78. The van der Waals surface area contributed by atoms with Gasteiger partial charge in [0.25, 0.3) is 5.69 Å². The van der Waals surface area contributed by atoms with Crippen molar-refractivity contribution in [3.63, 3.8) is 0 Å². The van der Waals surface area contributed by atoms with Crippen molar-refractivity contribution in [2.75, 3.05) is 0 Å². The number of ketones is 1. The molecule has 2 aromatic rings. The maximum atomic E-state index is 12.0. The summed E-state index contributed by atoms with van der Waals surface area (Å²) < 4.78 is 0. The average molecular weight is 314 g/mol. The topological polar surface area (TPSA) is 60.2 Å². The van der Waals surface area contributed by atoms with Crippen molar-refractivity contribution in [1.29, 1.82) is 0 Å². The minimum atomic E-state index is -0.613. The van der Waals surface area contributed by atoms with Crippen LogP contribution in [-0.4, -0.2) is 10.7 Å². The minimum absolute atomic E-state index is 0.00880. The quantitative estimate of drug-likeness (QED) is 0.264. The molecule has 0 saturated carbocycles. The summed E-state index contributed by atoms with van der Waals surface area (Å²) in [6, 6.07) is 13.6. The van der Waals surface area contributed by atoms with Crippen molar-refractivity contribution in [3.8, 4) is 0 Å². The van der Waals surface area contributed by atoms with E-state index >= 15 is 0 Å². The smallest absolute Gasteiger partial charge is 0.288 e. The molecule has 0 aromatic heterocycles. The number of allylic oxidation sites excluding steroid dienone is 3. The molecule has 0 fully saturated rings. The molecule has 110 valence electrons. The van der Waals surface area contributed by atoms with Crippen molar-refractivity contribution >= 4 is 29.1 Å². The number of rotatable bonds is 5. The predicted octanol–water partition coefficient (Wildman–Crippen LogP) is 4.70. The van der Waals surface area contributed by atoms with Gasteiger partial charge < -0.3 is 0 Å². The zero-order chi connectivity index (χ0) is 15.9. The molecular formula is C17H12ClNO3. The summed E-state index contributed by atoms with van der Waals surface area (Å²) in [6.07, 6.45) is 6.54. The van der Waals surface area contributed by atoms with Crippen molar-refractivity contribution in [2.45, 2.75) is 0 Å². The number of carbonyl (C=O) groups excluding carboxylic acids is 1. The molecule has 0 spiro atoms. The van der Waals surface area contributed by atoms with Crippen LogP contribution in [0.2, 0.25) is 5.02 Å². The van der Waals surface area contributed by atoms with E-state index in [1.807, 2.05) is 36.4 Å². The Bertz CT molecular complexity index is 752. The molecule has 0 heterocycles. The van der Waals surface area contributed by atoms with Crippen LogP contribution in [0.15, 0.2) is 66.8 Å². The molecule has 22 heavy (non-hydrogen) atoms. The summed E-state index contributed by atoms with van der Waals surface area (Å²) in [4.78, 5) is 22.1. The first-order valence-corrected chi connectivity index (χ1v) is 6.84. The fourth-order valence-corrected chi connectivity index (χ4v) is 1.96. The van der Waals surface area contributed by atoms with Crippen LogP contribution in [0, 0.1) is 10.1 Å². The minimum Gasteiger partial charge on any atom is -0.289 e. The molecule has 2 aromatic carbocycles. The second-order valence-electron chi connectivity index (χ2n) is 4.42. The van der Waals surface area contributed by atoms with Gasteiger partial charge in [0.2, 0.25) is 0 Å². The molecule has 0 amide bonds. The largest absolute Gasteiger partial charge is 0.289 e. The first-order chi connectivity index (χ1) is 10.6. The van der Waals surface area contributed by atoms with E-state index in [0.29, 0.717) is 0 Å². The van der Waals surface area contributed by atoms with Crippen LogP contribution < -0.4 is 0 Å². The molecule has 0 unspecified atom stereocenters. The number of nitro groups is 1. The highest BCUT2D eigenvalue weighted by Gasteiger charge is 2.14. The molecule has 2 rings (SSSR count). The Morgan fingerprint density at radius 3 is 2.50 bits per heavy atom. The number of benzene rings is 2. The van der Waals surface area contributed by atoms with E-state index < -0.39 is 4.92 Å². The third-order valence-corrected chi connectivity index (χ3v) is 3.19. The lowest BCUT2D eigenvalue weighted by Crippen LogP contribution is -1.97. The van der Waals surface area contributed by atoms with Gasteiger partial charge in [0.05, 0.1) is 4.92 Å². The van der Waals surface area contributed by atoms with Gasteiger partial charge in [0.15, 0.2) is 5.78 Å². The summed E-state index contributed by atoms with van der Waals surface area (Å²) in [5.74, 6) is -0.322. The van der Waals surface area contributed by atoms with Crippen molar-refractivity contribution in [1.82, 2.24) is 0 Å². The Morgan fingerprint density at radius 2 is 1.82 bits per heavy atom. The molecule has 0 radical (unpaired) electrons. The van der Waals surface area contributed by atoms with Crippen LogP contribution in [0.5, 0.6) is 0 Å². The zero-order valence-electron chi connectivity index (χ0n) is 11.5. The Labute approximate surface area is 132 Å². The van der Waals surface area contributed by atoms with Crippen LogP contribution >= 0.6 is 11.6 Å². The van der Waals surface area contributed by atoms with Gasteiger partial charge in [-0.25, -0.2) is 0 Å². The van der Waals surface area contributed by atoms with Gasteiger partial charge in [-0.05, 0) is 23.8 Å². The molecule has 0 saturated heterocycles. The molecule has 4 nitrogen and oxygen atoms in total. The number of hydrogen-bond acceptors (Lipinski definition) is 3. The Balaban J connectivity index is 2.09. The van der Waals surface area contributed by atoms with E-state index in [4.69, 9.17) is 11.6 Å². The Morgan fingerprint density at radius 1 is 1.09 bits per heavy atom. The second kappa shape index (κ2) is 7.33. The molecule has 0 bridgehead atoms. The van der Waals surface area contributed by atoms with Crippen LogP contribution in [0.25, 0.3) is 6.08 Å². The van der Waals surface area contributed by atoms with Crippen LogP contribution in [0.4, 0.5) is 5.69 Å². The van der Waals surface area contributed by atoms with E-state index in [2.05, 4.69) is 0 Å². The van der Waals surface area contributed by atoms with E-state index in [1.165, 1.54) is 24.3 Å². The highest BCUT2D eigenvalue weighted by atomic mass is 35.5. The van der Waals surface area contributed by atoms with Crippen LogP contribution in [0.1, 0.15) is 15.9 Å². The number of halogens is 1. The van der Waals surface area contributed by atoms with Gasteiger partial charge in [-0.15, -0.1) is 0 Å². The van der Waals surface area contributed by atoms with Crippen molar-refractivity contribution in [3.05, 3.63) is 93.0 Å². The molecule has 0 atom stereocenters. The maximum Gasteiger partial charge on any atom is 0.288 e. The lowest BCUT2D eigenvalue weighted by atomic mass is 10.1. The average Bonchev–Trinajstić information content (AvgIpc) is 2.52. The van der Waals surface area contributed by atoms with Gasteiger partial charge >= 0.3 is 0 Å². The summed E-state index contributed by atoms with van der Waals surface area (Å²) in [5, 5.41) is 10.8. The van der Waals surface area contributed by atoms with Crippen LogP contribution in [-0.2, 0) is 0 Å². The second-order valence-corrected chi connectivity index (χ2v) is 4.82. The number of nitro benzene ring substituents is 1. The number of carbonyl (C=O) groups is 1. The molecule has 0 aliphatic heterocycles. The summed E-state index contributed by atoms with van der Waals surface area (Å²) in [7, 11) is 0. The van der Waals surface area contributed by atoms with Crippen molar-refractivity contribution < 1.29 is 9.72 Å². The fraction of sp³-hybridized carbons (Fsp3) is 0. The van der Waals surface area contributed by atoms with Crippen LogP contribution in [0.3, 0.4) is 0 Å². The maximum absolute atomic E-state index is 12.0. The third kappa shape index (κ3) is 4.14. The summed E-state index contributed by atoms with van der Waals surface area (Å²) in [5.41, 5.74) is 0.961. The van der Waals surface area contributed by atoms with Gasteiger partial charge in [-0.2, -0.15) is 0 Å². The lowest BCUT2D eigenvalue weighted by Gasteiger charge is -1.98. The molecule has 0 aliphatic rings. The Hall–Kier alpha value is -2.72. The monoisotopic (exact) mass is 313 g/mol. The van der Waals surface area contributed by atoms with Gasteiger partial charge in [0, 0.05) is 11.6 Å². The zero-order valence-corrected chi connectivity index (χ0v) is 12.2. The lowest BCUT2D eigenvalue weighted by molar-refractivity contribution is -0.384. The molecule has 0 aliphatic carbocycles. The van der Waals surface area contributed by atoms with Gasteiger partial charge in [0.1, 0.15) is 5.02 Å². The van der Waals surface area contributed by atoms with E-state index in [9.17, 15) is 14.9 Å². The molecule has 0 N–H and O–H groups in total. The predicted molar refractivity (Wildman–Crippen MR) is 87.1 cm³/mol. The SMILES string of the molecule is O=C(/C=C/C=C/c1ccccc1)c1ccc(Cl)c([N+](=O)[O-])c1. The summed E-state index contributed by atoms with van der Waals surface area (Å²) in [6.45, 7) is 0. The van der Waals surface area contributed by atoms with E-state index in [-0.39, 0.29) is 22.1 Å². The number of nitrogens with zero attached hydrogens (tertiary/aromatic N) is 1. The van der Waals surface area contributed by atoms with Gasteiger partial charge in [-0.3, -0.25) is 14.9 Å². The van der Waals surface area contributed by atoms with Crippen molar-refractivity contribution in [2.24, 2.45) is 0 Å². The molecular weight excluding hydrogens is 302 g/mol. The standard InChI is InChI=1S/C17H12ClNO3/c18-15-11-10-14(12-16(15)19(21)22)17(20)9-5-4-8-13-6-2-1-3-7-13/h1-12H/b8-4+,9-5+. The molecule has 5 heteroatoms. The van der Waals surface area contributed by atoms with E-state index in [0.717, 1.165) is 5.56 Å². The summed E-state index contributed by atoms with van der Waals surface area (Å²) >= 11 is 5.71. The first-order valence-electron chi connectivity index (χ1n) is 6.46. The third-order valence-electron chi connectivity index (χ3n) is 2.87. The normalized spacial score (nSPS) is 11.1. The highest BCUT2D eigenvalue weighted by Crippen LogP contribution is 2.25. The highest BCUT2D eigenvalue weighted by molar-refractivity contribution is 6.32.